The summed E-state index contributed by atoms with van der Waals surface area (Å²) < 4.78 is 92.9. The van der Waals surface area contributed by atoms with E-state index in [0.29, 0.717) is 21.6 Å². The zero-order valence-electron chi connectivity index (χ0n) is 25.0. The van der Waals surface area contributed by atoms with Crippen molar-refractivity contribution >= 4 is 17.6 Å². The maximum atomic E-state index is 14.1. The third-order valence-electron chi connectivity index (χ3n) is 7.06. The molecule has 2 aromatic carbocycles. The van der Waals surface area contributed by atoms with Crippen LogP contribution >= 0.6 is 11.6 Å². The zero-order valence-corrected chi connectivity index (χ0v) is 25.8. The van der Waals surface area contributed by atoms with Gasteiger partial charge in [-0.1, -0.05) is 41.4 Å². The number of carbonyl (C=O) groups excluding carboxylic acids is 1. The predicted molar refractivity (Wildman–Crippen MR) is 161 cm³/mol. The topological polar surface area (TPSA) is 79.1 Å². The summed E-state index contributed by atoms with van der Waals surface area (Å²) >= 11 is 6.13. The Balaban J connectivity index is 1.43. The number of benzene rings is 2. The second kappa shape index (κ2) is 13.1. The minimum absolute atomic E-state index is 0.0797. The Kier molecular flexibility index (Phi) is 9.30. The molecule has 0 radical (unpaired) electrons. The van der Waals surface area contributed by atoms with Crippen molar-refractivity contribution in [2.24, 2.45) is 0 Å². The van der Waals surface area contributed by atoms with Gasteiger partial charge in [-0.05, 0) is 68.3 Å². The van der Waals surface area contributed by atoms with E-state index < -0.39 is 35.1 Å². The first kappa shape index (κ1) is 33.5. The first-order chi connectivity index (χ1) is 22.2. The highest BCUT2D eigenvalue weighted by Crippen LogP contribution is 2.37. The molecular formula is C33H25ClF6N4O3. The minimum Gasteiger partial charge on any atom is -0.488 e. The van der Waals surface area contributed by atoms with Gasteiger partial charge in [-0.3, -0.25) is 4.98 Å². The van der Waals surface area contributed by atoms with Gasteiger partial charge in [0.05, 0.1) is 34.8 Å². The van der Waals surface area contributed by atoms with E-state index in [4.69, 9.17) is 21.1 Å². The molecular weight excluding hydrogens is 650 g/mol. The summed E-state index contributed by atoms with van der Waals surface area (Å²) in [5.41, 5.74) is 0.844. The fourth-order valence-electron chi connectivity index (χ4n) is 4.78. The number of aromatic nitrogens is 4. The number of esters is 1. The van der Waals surface area contributed by atoms with Crippen molar-refractivity contribution in [3.05, 3.63) is 112 Å². The molecule has 0 aliphatic rings. The van der Waals surface area contributed by atoms with E-state index in [-0.39, 0.29) is 35.4 Å². The lowest BCUT2D eigenvalue weighted by molar-refractivity contribution is -0.143. The third kappa shape index (κ3) is 7.25. The van der Waals surface area contributed by atoms with Crippen LogP contribution in [0, 0.1) is 13.8 Å². The standard InChI is InChI=1S/C33H25ClF6N4O3/c1-4-46-31(45)24-16-42-44(30(24)33(38,39)40)28-7-5-6-26(43-28)23-12-18(2)8-11-27(23)47-17-21-10-9-20(13-19(21)3)29-25(34)14-22(15-41-29)32(35,36)37/h5-16H,4,17H2,1-3H3. The molecule has 0 saturated carbocycles. The maximum Gasteiger partial charge on any atom is 0.434 e. The number of hydrogen-bond acceptors (Lipinski definition) is 6. The van der Waals surface area contributed by atoms with E-state index in [1.807, 2.05) is 6.92 Å². The Morgan fingerprint density at radius 3 is 2.36 bits per heavy atom. The minimum atomic E-state index is -4.94. The quantitative estimate of drug-likeness (QED) is 0.121. The van der Waals surface area contributed by atoms with Gasteiger partial charge in [-0.25, -0.2) is 14.5 Å². The molecule has 5 rings (SSSR count). The maximum absolute atomic E-state index is 14.1. The molecule has 0 saturated heterocycles. The Hall–Kier alpha value is -4.91. The van der Waals surface area contributed by atoms with Crippen molar-refractivity contribution in [3.8, 4) is 34.1 Å². The number of carbonyl (C=O) groups is 1. The van der Waals surface area contributed by atoms with Crippen LogP contribution in [0.25, 0.3) is 28.3 Å². The fourth-order valence-corrected chi connectivity index (χ4v) is 5.06. The molecule has 0 aliphatic carbocycles. The summed E-state index contributed by atoms with van der Waals surface area (Å²) in [5.74, 6) is -0.946. The largest absolute Gasteiger partial charge is 0.488 e. The SMILES string of the molecule is CCOC(=O)c1cnn(-c2cccc(-c3cc(C)ccc3OCc3ccc(-c4ncc(C(F)(F)F)cc4Cl)cc3C)n2)c1C(F)(F)F. The average molecular weight is 675 g/mol. The lowest BCUT2D eigenvalue weighted by atomic mass is 10.0. The van der Waals surface area contributed by atoms with Gasteiger partial charge in [0.1, 0.15) is 17.9 Å². The second-order valence-electron chi connectivity index (χ2n) is 10.4. The number of halogens is 7. The van der Waals surface area contributed by atoms with E-state index in [2.05, 4.69) is 15.1 Å². The molecule has 3 aromatic heterocycles. The van der Waals surface area contributed by atoms with Crippen LogP contribution < -0.4 is 4.74 Å². The highest BCUT2D eigenvalue weighted by Gasteiger charge is 2.41. The van der Waals surface area contributed by atoms with Crippen molar-refractivity contribution in [3.63, 3.8) is 0 Å². The van der Waals surface area contributed by atoms with Gasteiger partial charge >= 0.3 is 18.3 Å². The molecule has 7 nitrogen and oxygen atoms in total. The van der Waals surface area contributed by atoms with Gasteiger partial charge in [0.15, 0.2) is 11.5 Å². The number of nitrogens with zero attached hydrogens (tertiary/aromatic N) is 4. The van der Waals surface area contributed by atoms with Crippen molar-refractivity contribution in [2.75, 3.05) is 6.61 Å². The van der Waals surface area contributed by atoms with Gasteiger partial charge in [-0.15, -0.1) is 0 Å². The van der Waals surface area contributed by atoms with Crippen LogP contribution in [0.1, 0.15) is 45.2 Å². The normalized spacial score (nSPS) is 11.9. The van der Waals surface area contributed by atoms with Gasteiger partial charge in [0.2, 0.25) is 0 Å². The Morgan fingerprint density at radius 2 is 1.70 bits per heavy atom. The molecule has 3 heterocycles. The third-order valence-corrected chi connectivity index (χ3v) is 7.35. The molecule has 47 heavy (non-hydrogen) atoms. The Labute approximate surface area is 269 Å². The molecule has 0 N–H and O–H groups in total. The number of aryl methyl sites for hydroxylation is 2. The van der Waals surface area contributed by atoms with Crippen LogP contribution in [-0.4, -0.2) is 32.3 Å². The summed E-state index contributed by atoms with van der Waals surface area (Å²) in [7, 11) is 0. The van der Waals surface area contributed by atoms with Crippen molar-refractivity contribution < 1.29 is 40.6 Å². The van der Waals surface area contributed by atoms with Crippen LogP contribution in [0.15, 0.2) is 73.1 Å². The van der Waals surface area contributed by atoms with Crippen LogP contribution in [0.2, 0.25) is 5.02 Å². The summed E-state index contributed by atoms with van der Waals surface area (Å²) in [6, 6.07) is 15.7. The first-order valence-electron chi connectivity index (χ1n) is 14.0. The molecule has 0 aliphatic heterocycles. The second-order valence-corrected chi connectivity index (χ2v) is 10.8. The van der Waals surface area contributed by atoms with Crippen LogP contribution in [-0.2, 0) is 23.7 Å². The van der Waals surface area contributed by atoms with E-state index >= 15 is 0 Å². The van der Waals surface area contributed by atoms with E-state index in [1.54, 1.807) is 49.4 Å². The highest BCUT2D eigenvalue weighted by atomic mass is 35.5. The average Bonchev–Trinajstić information content (AvgIpc) is 3.47. The van der Waals surface area contributed by atoms with Crippen LogP contribution in [0.4, 0.5) is 26.3 Å². The van der Waals surface area contributed by atoms with E-state index in [1.165, 1.54) is 19.1 Å². The lowest BCUT2D eigenvalue weighted by Gasteiger charge is -2.16. The number of pyridine rings is 2. The number of alkyl halides is 6. The van der Waals surface area contributed by atoms with Crippen molar-refractivity contribution in [1.29, 1.82) is 0 Å². The molecule has 5 aromatic rings. The summed E-state index contributed by atoms with van der Waals surface area (Å²) in [4.78, 5) is 20.6. The Bertz CT molecular complexity index is 1960. The van der Waals surface area contributed by atoms with Crippen LogP contribution in [0.3, 0.4) is 0 Å². The number of hydrogen-bond donors (Lipinski definition) is 0. The molecule has 14 heteroatoms. The smallest absolute Gasteiger partial charge is 0.434 e. The Morgan fingerprint density at radius 1 is 0.936 bits per heavy atom. The summed E-state index contributed by atoms with van der Waals surface area (Å²) in [6.07, 6.45) is -7.98. The van der Waals surface area contributed by atoms with E-state index in [0.717, 1.165) is 35.2 Å². The van der Waals surface area contributed by atoms with E-state index in [9.17, 15) is 31.1 Å². The molecule has 0 atom stereocenters. The first-order valence-corrected chi connectivity index (χ1v) is 14.4. The fraction of sp³-hybridized carbons (Fsp3) is 0.212. The van der Waals surface area contributed by atoms with Crippen molar-refractivity contribution in [2.45, 2.75) is 39.7 Å². The molecule has 244 valence electrons. The molecule has 0 fully saturated rings. The van der Waals surface area contributed by atoms with Crippen LogP contribution in [0.5, 0.6) is 5.75 Å². The summed E-state index contributed by atoms with van der Waals surface area (Å²) in [6.45, 7) is 5.08. The zero-order chi connectivity index (χ0) is 34.1. The molecule has 0 spiro atoms. The number of rotatable bonds is 8. The van der Waals surface area contributed by atoms with Gasteiger partial charge in [-0.2, -0.15) is 31.4 Å². The monoisotopic (exact) mass is 674 g/mol. The molecule has 0 unspecified atom stereocenters. The van der Waals surface area contributed by atoms with Crippen molar-refractivity contribution in [1.82, 2.24) is 19.7 Å². The highest BCUT2D eigenvalue weighted by molar-refractivity contribution is 6.33. The molecule has 0 amide bonds. The lowest BCUT2D eigenvalue weighted by Crippen LogP contribution is -2.19. The van der Waals surface area contributed by atoms with Gasteiger partial charge in [0, 0.05) is 17.3 Å². The number of ether oxygens (including phenoxy) is 2. The van der Waals surface area contributed by atoms with Gasteiger partial charge in [0.25, 0.3) is 0 Å². The van der Waals surface area contributed by atoms with Gasteiger partial charge < -0.3 is 9.47 Å². The molecule has 0 bridgehead atoms. The predicted octanol–water partition coefficient (Wildman–Crippen LogP) is 9.06. The summed E-state index contributed by atoms with van der Waals surface area (Å²) in [5, 5.41) is 3.66.